The first-order valence-corrected chi connectivity index (χ1v) is 8.28. The number of hydrogen-bond donors (Lipinski definition) is 0. The molecule has 0 bridgehead atoms. The number of carbonyl (C=O) groups excluding carboxylic acids is 1. The normalized spacial score (nSPS) is 16.5. The van der Waals surface area contributed by atoms with Crippen molar-refractivity contribution in [3.63, 3.8) is 0 Å². The molecule has 0 amide bonds. The van der Waals surface area contributed by atoms with Crippen LogP contribution < -0.4 is 0 Å². The van der Waals surface area contributed by atoms with Crippen LogP contribution in [0, 0.1) is 0 Å². The van der Waals surface area contributed by atoms with Crippen molar-refractivity contribution in [2.24, 2.45) is 0 Å². The molecule has 0 aliphatic carbocycles. The van der Waals surface area contributed by atoms with Crippen LogP contribution in [0.3, 0.4) is 0 Å². The van der Waals surface area contributed by atoms with E-state index in [4.69, 9.17) is 9.15 Å². The van der Waals surface area contributed by atoms with Crippen molar-refractivity contribution in [1.82, 2.24) is 4.31 Å². The number of aldehydes is 1. The van der Waals surface area contributed by atoms with Crippen molar-refractivity contribution in [2.45, 2.75) is 4.90 Å². The Morgan fingerprint density at radius 1 is 1.09 bits per heavy atom. The molecule has 0 N–H and O–H groups in total. The standard InChI is InChI=1S/C15H15NO5S/c17-11-13-4-5-15(21-13)12-2-1-3-14(10-12)22(18,19)16-6-8-20-9-7-16/h1-5,10-11H,6-9H2. The second-order valence-corrected chi connectivity index (χ2v) is 6.80. The zero-order valence-corrected chi connectivity index (χ0v) is 12.6. The van der Waals surface area contributed by atoms with Gasteiger partial charge in [0.1, 0.15) is 5.76 Å². The number of rotatable bonds is 4. The fourth-order valence-electron chi connectivity index (χ4n) is 2.32. The second-order valence-electron chi connectivity index (χ2n) is 4.86. The van der Waals surface area contributed by atoms with Gasteiger partial charge in [-0.25, -0.2) is 8.42 Å². The molecule has 3 rings (SSSR count). The van der Waals surface area contributed by atoms with Gasteiger partial charge in [0.2, 0.25) is 10.0 Å². The highest BCUT2D eigenvalue weighted by molar-refractivity contribution is 7.89. The fraction of sp³-hybridized carbons (Fsp3) is 0.267. The van der Waals surface area contributed by atoms with Gasteiger partial charge in [0.05, 0.1) is 18.1 Å². The maximum Gasteiger partial charge on any atom is 0.243 e. The average Bonchev–Trinajstić information content (AvgIpc) is 3.05. The van der Waals surface area contributed by atoms with Gasteiger partial charge < -0.3 is 9.15 Å². The lowest BCUT2D eigenvalue weighted by molar-refractivity contribution is 0.0730. The van der Waals surface area contributed by atoms with E-state index in [0.717, 1.165) is 0 Å². The van der Waals surface area contributed by atoms with Gasteiger partial charge >= 0.3 is 0 Å². The predicted molar refractivity (Wildman–Crippen MR) is 79.1 cm³/mol. The Bertz CT molecular complexity index is 775. The van der Waals surface area contributed by atoms with Gasteiger partial charge in [-0.05, 0) is 24.3 Å². The van der Waals surface area contributed by atoms with Gasteiger partial charge in [-0.15, -0.1) is 0 Å². The van der Waals surface area contributed by atoms with Gasteiger partial charge in [-0.1, -0.05) is 12.1 Å². The summed E-state index contributed by atoms with van der Waals surface area (Å²) in [5.41, 5.74) is 0.613. The molecule has 1 fully saturated rings. The van der Waals surface area contributed by atoms with Crippen LogP contribution in [0.15, 0.2) is 45.7 Å². The van der Waals surface area contributed by atoms with Crippen molar-refractivity contribution < 1.29 is 22.4 Å². The third kappa shape index (κ3) is 2.83. The molecule has 0 atom stereocenters. The van der Waals surface area contributed by atoms with E-state index in [9.17, 15) is 13.2 Å². The van der Waals surface area contributed by atoms with Crippen molar-refractivity contribution in [3.05, 3.63) is 42.2 Å². The van der Waals surface area contributed by atoms with Crippen LogP contribution in [0.5, 0.6) is 0 Å². The minimum atomic E-state index is -3.55. The number of morpholine rings is 1. The molecular weight excluding hydrogens is 306 g/mol. The molecular formula is C15H15NO5S. The Morgan fingerprint density at radius 3 is 2.55 bits per heavy atom. The molecule has 7 heteroatoms. The van der Waals surface area contributed by atoms with Crippen molar-refractivity contribution >= 4 is 16.3 Å². The summed E-state index contributed by atoms with van der Waals surface area (Å²) in [4.78, 5) is 10.9. The van der Waals surface area contributed by atoms with Crippen LogP contribution in [0.25, 0.3) is 11.3 Å². The number of ether oxygens (including phenoxy) is 1. The van der Waals surface area contributed by atoms with E-state index in [1.807, 2.05) is 0 Å². The topological polar surface area (TPSA) is 76.8 Å². The summed E-state index contributed by atoms with van der Waals surface area (Å²) in [5.74, 6) is 0.664. The van der Waals surface area contributed by atoms with Crippen molar-refractivity contribution in [1.29, 1.82) is 0 Å². The third-order valence-electron chi connectivity index (χ3n) is 3.47. The quantitative estimate of drug-likeness (QED) is 0.802. The maximum atomic E-state index is 12.6. The summed E-state index contributed by atoms with van der Waals surface area (Å²) >= 11 is 0. The number of hydrogen-bond acceptors (Lipinski definition) is 5. The average molecular weight is 321 g/mol. The Kier molecular flexibility index (Phi) is 4.10. The highest BCUT2D eigenvalue weighted by atomic mass is 32.2. The van der Waals surface area contributed by atoms with Gasteiger partial charge in [0.15, 0.2) is 12.0 Å². The van der Waals surface area contributed by atoms with Gasteiger partial charge in [-0.3, -0.25) is 4.79 Å². The van der Waals surface area contributed by atoms with Crippen LogP contribution in [0.4, 0.5) is 0 Å². The monoisotopic (exact) mass is 321 g/mol. The highest BCUT2D eigenvalue weighted by Gasteiger charge is 2.26. The molecule has 2 heterocycles. The van der Waals surface area contributed by atoms with E-state index in [1.165, 1.54) is 4.31 Å². The molecule has 6 nitrogen and oxygen atoms in total. The summed E-state index contributed by atoms with van der Waals surface area (Å²) in [6, 6.07) is 9.70. The number of carbonyl (C=O) groups is 1. The second kappa shape index (κ2) is 6.04. The largest absolute Gasteiger partial charge is 0.453 e. The molecule has 2 aromatic rings. The fourth-order valence-corrected chi connectivity index (χ4v) is 3.77. The molecule has 0 radical (unpaired) electrons. The molecule has 0 spiro atoms. The van der Waals surface area contributed by atoms with E-state index >= 15 is 0 Å². The number of nitrogens with zero attached hydrogens (tertiary/aromatic N) is 1. The van der Waals surface area contributed by atoms with E-state index in [-0.39, 0.29) is 10.7 Å². The predicted octanol–water partition coefficient (Wildman–Crippen LogP) is 1.78. The van der Waals surface area contributed by atoms with Crippen LogP contribution in [0.2, 0.25) is 0 Å². The summed E-state index contributed by atoms with van der Waals surface area (Å²) in [7, 11) is -3.55. The Hall–Kier alpha value is -1.96. The Labute approximate surface area is 128 Å². The van der Waals surface area contributed by atoms with Crippen LogP contribution in [-0.4, -0.2) is 45.3 Å². The molecule has 1 saturated heterocycles. The van der Waals surface area contributed by atoms with Crippen LogP contribution in [-0.2, 0) is 14.8 Å². The molecule has 1 aliphatic heterocycles. The van der Waals surface area contributed by atoms with Gasteiger partial charge in [0, 0.05) is 18.7 Å². The van der Waals surface area contributed by atoms with E-state index < -0.39 is 10.0 Å². The van der Waals surface area contributed by atoms with E-state index in [0.29, 0.717) is 43.9 Å². The first-order chi connectivity index (χ1) is 10.6. The summed E-state index contributed by atoms with van der Waals surface area (Å²) < 4.78 is 37.2. The number of furan rings is 1. The maximum absolute atomic E-state index is 12.6. The zero-order chi connectivity index (χ0) is 15.6. The molecule has 0 unspecified atom stereocenters. The zero-order valence-electron chi connectivity index (χ0n) is 11.8. The molecule has 1 aromatic heterocycles. The molecule has 22 heavy (non-hydrogen) atoms. The number of benzene rings is 1. The third-order valence-corrected chi connectivity index (χ3v) is 5.36. The molecule has 0 saturated carbocycles. The first-order valence-electron chi connectivity index (χ1n) is 6.84. The van der Waals surface area contributed by atoms with Gasteiger partial charge in [-0.2, -0.15) is 4.31 Å². The molecule has 1 aromatic carbocycles. The van der Waals surface area contributed by atoms with E-state index in [1.54, 1.807) is 36.4 Å². The lowest BCUT2D eigenvalue weighted by Gasteiger charge is -2.26. The lowest BCUT2D eigenvalue weighted by atomic mass is 10.2. The van der Waals surface area contributed by atoms with Gasteiger partial charge in [0.25, 0.3) is 0 Å². The summed E-state index contributed by atoms with van der Waals surface area (Å²) in [5, 5.41) is 0. The van der Waals surface area contributed by atoms with Crippen LogP contribution in [0.1, 0.15) is 10.6 Å². The lowest BCUT2D eigenvalue weighted by Crippen LogP contribution is -2.40. The molecule has 116 valence electrons. The van der Waals surface area contributed by atoms with Crippen molar-refractivity contribution in [2.75, 3.05) is 26.3 Å². The highest BCUT2D eigenvalue weighted by Crippen LogP contribution is 2.26. The minimum absolute atomic E-state index is 0.205. The summed E-state index contributed by atoms with van der Waals surface area (Å²) in [6.07, 6.45) is 0.609. The molecule has 1 aliphatic rings. The van der Waals surface area contributed by atoms with Crippen molar-refractivity contribution in [3.8, 4) is 11.3 Å². The minimum Gasteiger partial charge on any atom is -0.453 e. The Morgan fingerprint density at radius 2 is 1.86 bits per heavy atom. The smallest absolute Gasteiger partial charge is 0.243 e. The SMILES string of the molecule is O=Cc1ccc(-c2cccc(S(=O)(=O)N3CCOCC3)c2)o1. The van der Waals surface area contributed by atoms with Crippen LogP contribution >= 0.6 is 0 Å². The van der Waals surface area contributed by atoms with E-state index in [2.05, 4.69) is 0 Å². The first kappa shape index (κ1) is 15.0. The Balaban J connectivity index is 1.94. The summed E-state index contributed by atoms with van der Waals surface area (Å²) in [6.45, 7) is 1.50. The number of sulfonamides is 1.